The topological polar surface area (TPSA) is 114 Å². The first-order chi connectivity index (χ1) is 9.91. The van der Waals surface area contributed by atoms with E-state index >= 15 is 0 Å². The molecule has 2 rings (SSSR count). The Balaban J connectivity index is 2.39. The van der Waals surface area contributed by atoms with Crippen LogP contribution in [0.3, 0.4) is 0 Å². The maximum Gasteiger partial charge on any atom is 0.296 e. The van der Waals surface area contributed by atoms with Crippen LogP contribution in [0.5, 0.6) is 5.75 Å². The molecule has 8 heteroatoms. The molecule has 0 saturated carbocycles. The number of nitrogens with zero attached hydrogens (tertiary/aromatic N) is 2. The molecule has 0 spiro atoms. The second kappa shape index (κ2) is 5.90. The molecular weight excluding hydrogens is 294 g/mol. The van der Waals surface area contributed by atoms with E-state index in [0.717, 1.165) is 0 Å². The first kappa shape index (κ1) is 14.9. The summed E-state index contributed by atoms with van der Waals surface area (Å²) in [5, 5.41) is 7.75. The van der Waals surface area contributed by atoms with Crippen molar-refractivity contribution in [3.63, 3.8) is 0 Å². The molecule has 0 unspecified atom stereocenters. The Labute approximate surface area is 121 Å². The lowest BCUT2D eigenvalue weighted by Crippen LogP contribution is -1.97. The Morgan fingerprint density at radius 2 is 1.86 bits per heavy atom. The summed E-state index contributed by atoms with van der Waals surface area (Å²) >= 11 is 0. The molecule has 7 nitrogen and oxygen atoms in total. The van der Waals surface area contributed by atoms with Gasteiger partial charge in [-0.05, 0) is 24.3 Å². The van der Waals surface area contributed by atoms with Gasteiger partial charge in [0.1, 0.15) is 16.3 Å². The van der Waals surface area contributed by atoms with Gasteiger partial charge in [0.05, 0.1) is 18.5 Å². The average Bonchev–Trinajstić information content (AvgIpc) is 2.45. The fourth-order valence-electron chi connectivity index (χ4n) is 1.63. The van der Waals surface area contributed by atoms with Gasteiger partial charge in [-0.3, -0.25) is 4.55 Å². The Bertz CT molecular complexity index is 788. The van der Waals surface area contributed by atoms with E-state index in [4.69, 9.17) is 15.0 Å². The van der Waals surface area contributed by atoms with Gasteiger partial charge in [0.15, 0.2) is 0 Å². The van der Waals surface area contributed by atoms with Crippen LogP contribution in [0.4, 0.5) is 17.1 Å². The summed E-state index contributed by atoms with van der Waals surface area (Å²) in [4.78, 5) is -0.309. The third kappa shape index (κ3) is 3.56. The number of hydrogen-bond acceptors (Lipinski definition) is 6. The molecule has 2 aromatic rings. The van der Waals surface area contributed by atoms with E-state index in [0.29, 0.717) is 17.1 Å². The zero-order chi connectivity index (χ0) is 15.5. The molecule has 0 atom stereocenters. The Morgan fingerprint density at radius 1 is 1.14 bits per heavy atom. The summed E-state index contributed by atoms with van der Waals surface area (Å²) in [6.45, 7) is 0. The van der Waals surface area contributed by atoms with Crippen LogP contribution in [0.1, 0.15) is 0 Å². The van der Waals surface area contributed by atoms with E-state index in [2.05, 4.69) is 10.2 Å². The Hall–Kier alpha value is -2.45. The molecule has 0 aliphatic rings. The van der Waals surface area contributed by atoms with Crippen molar-refractivity contribution in [1.82, 2.24) is 0 Å². The first-order valence-electron chi connectivity index (χ1n) is 5.83. The van der Waals surface area contributed by atoms with Crippen LogP contribution in [-0.2, 0) is 10.1 Å². The molecule has 0 aromatic heterocycles. The molecule has 0 fully saturated rings. The van der Waals surface area contributed by atoms with Crippen LogP contribution in [0.15, 0.2) is 57.6 Å². The van der Waals surface area contributed by atoms with Gasteiger partial charge in [-0.25, -0.2) is 0 Å². The Morgan fingerprint density at radius 3 is 2.52 bits per heavy atom. The minimum atomic E-state index is -4.36. The van der Waals surface area contributed by atoms with E-state index in [1.165, 1.54) is 25.3 Å². The molecule has 3 N–H and O–H groups in total. The number of azo groups is 1. The van der Waals surface area contributed by atoms with Crippen molar-refractivity contribution >= 4 is 27.2 Å². The molecule has 110 valence electrons. The van der Waals surface area contributed by atoms with Crippen LogP contribution < -0.4 is 10.5 Å². The zero-order valence-corrected chi connectivity index (χ0v) is 11.9. The lowest BCUT2D eigenvalue weighted by molar-refractivity contribution is 0.417. The molecule has 0 saturated heterocycles. The summed E-state index contributed by atoms with van der Waals surface area (Å²) in [6, 6.07) is 10.5. The van der Waals surface area contributed by atoms with Crippen molar-refractivity contribution in [1.29, 1.82) is 0 Å². The predicted molar refractivity (Wildman–Crippen MR) is 77.8 cm³/mol. The van der Waals surface area contributed by atoms with Gasteiger partial charge < -0.3 is 10.5 Å². The highest BCUT2D eigenvalue weighted by Crippen LogP contribution is 2.29. The number of ether oxygens (including phenoxy) is 1. The largest absolute Gasteiger partial charge is 0.495 e. The first-order valence-corrected chi connectivity index (χ1v) is 7.27. The third-order valence-electron chi connectivity index (χ3n) is 2.63. The number of benzene rings is 2. The third-order valence-corrected chi connectivity index (χ3v) is 3.53. The normalized spacial score (nSPS) is 11.7. The minimum Gasteiger partial charge on any atom is -0.495 e. The number of nitrogens with two attached hydrogens (primary N) is 1. The fraction of sp³-hybridized carbons (Fsp3) is 0.0769. The van der Waals surface area contributed by atoms with E-state index in [1.807, 2.05) is 0 Å². The molecule has 0 radical (unpaired) electrons. The van der Waals surface area contributed by atoms with Crippen molar-refractivity contribution in [2.45, 2.75) is 4.90 Å². The van der Waals surface area contributed by atoms with Crippen LogP contribution in [-0.4, -0.2) is 20.1 Å². The van der Waals surface area contributed by atoms with Gasteiger partial charge in [-0.1, -0.05) is 12.1 Å². The lowest BCUT2D eigenvalue weighted by atomic mass is 10.2. The van der Waals surface area contributed by atoms with Crippen molar-refractivity contribution in [2.75, 3.05) is 12.8 Å². The van der Waals surface area contributed by atoms with E-state index < -0.39 is 10.1 Å². The predicted octanol–water partition coefficient (Wildman–Crippen LogP) is 2.94. The molecule has 2 aromatic carbocycles. The summed E-state index contributed by atoms with van der Waals surface area (Å²) in [7, 11) is -2.88. The van der Waals surface area contributed by atoms with Gasteiger partial charge in [-0.2, -0.15) is 13.5 Å². The van der Waals surface area contributed by atoms with Gasteiger partial charge in [-0.15, -0.1) is 5.11 Å². The second-order valence-electron chi connectivity index (χ2n) is 4.07. The minimum absolute atomic E-state index is 0.0378. The van der Waals surface area contributed by atoms with E-state index in [1.54, 1.807) is 24.3 Å². The number of anilines is 1. The monoisotopic (exact) mass is 307 g/mol. The summed E-state index contributed by atoms with van der Waals surface area (Å²) < 4.78 is 36.6. The average molecular weight is 307 g/mol. The molecule has 0 aliphatic heterocycles. The fourth-order valence-corrected chi connectivity index (χ4v) is 2.26. The van der Waals surface area contributed by atoms with Crippen LogP contribution in [0.2, 0.25) is 0 Å². The van der Waals surface area contributed by atoms with E-state index in [-0.39, 0.29) is 10.6 Å². The summed E-state index contributed by atoms with van der Waals surface area (Å²) in [6.07, 6.45) is 0. The van der Waals surface area contributed by atoms with Crippen LogP contribution in [0, 0.1) is 0 Å². The van der Waals surface area contributed by atoms with Crippen LogP contribution >= 0.6 is 0 Å². The van der Waals surface area contributed by atoms with Crippen molar-refractivity contribution in [2.24, 2.45) is 10.2 Å². The van der Waals surface area contributed by atoms with Gasteiger partial charge >= 0.3 is 0 Å². The molecule has 0 heterocycles. The smallest absolute Gasteiger partial charge is 0.296 e. The quantitative estimate of drug-likeness (QED) is 0.512. The number of hydrogen-bond donors (Lipinski definition) is 2. The lowest BCUT2D eigenvalue weighted by Gasteiger charge is -2.04. The molecule has 21 heavy (non-hydrogen) atoms. The van der Waals surface area contributed by atoms with Crippen molar-refractivity contribution in [3.8, 4) is 5.75 Å². The Kier molecular flexibility index (Phi) is 4.20. The number of rotatable bonds is 4. The summed E-state index contributed by atoms with van der Waals surface area (Å²) in [5.41, 5.74) is 6.61. The van der Waals surface area contributed by atoms with Gasteiger partial charge in [0, 0.05) is 6.07 Å². The highest BCUT2D eigenvalue weighted by molar-refractivity contribution is 7.86. The zero-order valence-electron chi connectivity index (χ0n) is 11.1. The van der Waals surface area contributed by atoms with Crippen LogP contribution in [0.25, 0.3) is 0 Å². The van der Waals surface area contributed by atoms with Gasteiger partial charge in [0.25, 0.3) is 10.1 Å². The molecule has 0 bridgehead atoms. The highest BCUT2D eigenvalue weighted by atomic mass is 32.2. The second-order valence-corrected chi connectivity index (χ2v) is 5.46. The number of methoxy groups -OCH3 is 1. The number of nitrogen functional groups attached to an aromatic ring is 1. The SMILES string of the molecule is COc1cc(/N=N/c2ccccc2S(=O)(=O)O)ccc1N. The standard InChI is InChI=1S/C13H13N3O4S/c1-20-12-8-9(6-7-10(12)14)15-16-11-4-2-3-5-13(11)21(17,18)19/h2-8H,14H2,1H3,(H,17,18,19)/b16-15+. The van der Waals surface area contributed by atoms with E-state index in [9.17, 15) is 8.42 Å². The molecular formula is C13H13N3O4S. The highest BCUT2D eigenvalue weighted by Gasteiger charge is 2.14. The van der Waals surface area contributed by atoms with Crippen molar-refractivity contribution in [3.05, 3.63) is 42.5 Å². The molecule has 0 amide bonds. The van der Waals surface area contributed by atoms with Gasteiger partial charge in [0.2, 0.25) is 0 Å². The summed E-state index contributed by atoms with van der Waals surface area (Å²) in [5.74, 6) is 0.439. The maximum absolute atomic E-state index is 11.2. The maximum atomic E-state index is 11.2. The van der Waals surface area contributed by atoms with Crippen molar-refractivity contribution < 1.29 is 17.7 Å². The molecule has 0 aliphatic carbocycles.